The number of thioether (sulfide) groups is 1. The maximum absolute atomic E-state index is 12.6. The number of aromatic nitrogens is 1. The summed E-state index contributed by atoms with van der Waals surface area (Å²) < 4.78 is 5.71. The lowest BCUT2D eigenvalue weighted by molar-refractivity contribution is 0.0976. The lowest BCUT2D eigenvalue weighted by Crippen LogP contribution is -2.27. The molecule has 1 aliphatic rings. The molecule has 1 amide bonds. The number of benzene rings is 1. The van der Waals surface area contributed by atoms with Gasteiger partial charge < -0.3 is 15.2 Å². The average Bonchev–Trinajstić information content (AvgIpc) is 3.15. The second-order valence-corrected chi connectivity index (χ2v) is 7.81. The molecule has 1 aromatic heterocycles. The smallest absolute Gasteiger partial charge is 0.257 e. The first-order valence-corrected chi connectivity index (χ1v) is 9.93. The zero-order valence-corrected chi connectivity index (χ0v) is 15.8. The van der Waals surface area contributed by atoms with Gasteiger partial charge in [0, 0.05) is 33.5 Å². The molecule has 1 atom stereocenters. The number of hydrogen-bond donors (Lipinski definition) is 2. The van der Waals surface area contributed by atoms with Crippen LogP contribution in [-0.2, 0) is 0 Å². The highest BCUT2D eigenvalue weighted by molar-refractivity contribution is 8.14. The van der Waals surface area contributed by atoms with Crippen LogP contribution in [0.15, 0.2) is 57.5 Å². The summed E-state index contributed by atoms with van der Waals surface area (Å²) in [6.45, 7) is 2.39. The molecule has 8 heteroatoms. The van der Waals surface area contributed by atoms with Gasteiger partial charge in [-0.05, 0) is 37.3 Å². The Bertz CT molecular complexity index is 800. The molecule has 136 valence electrons. The highest BCUT2D eigenvalue weighted by Crippen LogP contribution is 2.31. The molecule has 1 aromatic carbocycles. The lowest BCUT2D eigenvalue weighted by Gasteiger charge is -2.15. The number of carbonyl (C=O) groups is 1. The average molecular weight is 390 g/mol. The number of hydrogen-bond acceptors (Lipinski definition) is 7. The fourth-order valence-electron chi connectivity index (χ4n) is 2.22. The number of amides is 1. The van der Waals surface area contributed by atoms with Gasteiger partial charge >= 0.3 is 0 Å². The number of amidine groups is 1. The van der Waals surface area contributed by atoms with Crippen LogP contribution in [0.2, 0.25) is 0 Å². The molecular weight excluding hydrogens is 370 g/mol. The second-order valence-electron chi connectivity index (χ2n) is 5.58. The number of aliphatic imine (C=N–C) groups is 1. The minimum atomic E-state index is -0.359. The summed E-state index contributed by atoms with van der Waals surface area (Å²) in [6, 6.07) is 9.15. The third kappa shape index (κ3) is 5.23. The Hall–Kier alpha value is -2.03. The van der Waals surface area contributed by atoms with Crippen LogP contribution < -0.4 is 10.1 Å². The highest BCUT2D eigenvalue weighted by atomic mass is 32.2. The molecule has 1 aliphatic heterocycles. The van der Waals surface area contributed by atoms with Crippen molar-refractivity contribution in [3.05, 3.63) is 48.3 Å². The number of aliphatic hydroxyl groups excluding tert-OH is 1. The molecule has 2 heterocycles. The van der Waals surface area contributed by atoms with E-state index in [0.717, 1.165) is 22.1 Å². The van der Waals surface area contributed by atoms with Gasteiger partial charge in [0.1, 0.15) is 11.9 Å². The van der Waals surface area contributed by atoms with Crippen molar-refractivity contribution in [3.63, 3.8) is 0 Å². The van der Waals surface area contributed by atoms with E-state index in [1.165, 1.54) is 23.5 Å². The minimum Gasteiger partial charge on any atom is -0.488 e. The predicted octanol–water partition coefficient (Wildman–Crippen LogP) is 2.83. The van der Waals surface area contributed by atoms with E-state index < -0.39 is 0 Å². The Morgan fingerprint density at radius 1 is 1.35 bits per heavy atom. The molecule has 0 bridgehead atoms. The van der Waals surface area contributed by atoms with E-state index in [9.17, 15) is 9.90 Å². The van der Waals surface area contributed by atoms with Crippen molar-refractivity contribution in [2.75, 3.05) is 18.9 Å². The van der Waals surface area contributed by atoms with Gasteiger partial charge in [-0.15, -0.1) is 0 Å². The van der Waals surface area contributed by atoms with Crippen molar-refractivity contribution < 1.29 is 14.6 Å². The standard InChI is InChI=1S/C18H19N3O3S2/c1-12(11-22)24-14-8-13(17(23)21-18-20-6-7-25-18)9-16(10-14)26-15-2-4-19-5-3-15/h2-5,8-10,12,22H,6-7,11H2,1H3,(H,20,21,23)/t12-/m0/s1. The summed E-state index contributed by atoms with van der Waals surface area (Å²) >= 11 is 3.05. The number of pyridine rings is 1. The zero-order valence-electron chi connectivity index (χ0n) is 14.2. The quantitative estimate of drug-likeness (QED) is 0.790. The molecule has 0 aliphatic carbocycles. The van der Waals surface area contributed by atoms with Gasteiger partial charge in [0.25, 0.3) is 5.91 Å². The fraction of sp³-hybridized carbons (Fsp3) is 0.278. The molecule has 3 rings (SSSR count). The van der Waals surface area contributed by atoms with Crippen LogP contribution in [0, 0.1) is 0 Å². The topological polar surface area (TPSA) is 83.8 Å². The first-order chi connectivity index (χ1) is 12.6. The molecule has 0 saturated heterocycles. The monoisotopic (exact) mass is 389 g/mol. The van der Waals surface area contributed by atoms with Crippen LogP contribution in [0.4, 0.5) is 0 Å². The van der Waals surface area contributed by atoms with Crippen LogP contribution in [0.3, 0.4) is 0 Å². The maximum Gasteiger partial charge on any atom is 0.257 e. The third-order valence-electron chi connectivity index (χ3n) is 3.43. The van der Waals surface area contributed by atoms with Gasteiger partial charge in [-0.25, -0.2) is 0 Å². The van der Waals surface area contributed by atoms with Crippen molar-refractivity contribution in [1.82, 2.24) is 10.3 Å². The summed E-state index contributed by atoms with van der Waals surface area (Å²) in [5.41, 5.74) is 0.486. The molecule has 0 radical (unpaired) electrons. The molecule has 0 saturated carbocycles. The first-order valence-electron chi connectivity index (χ1n) is 8.13. The molecule has 2 aromatic rings. The lowest BCUT2D eigenvalue weighted by atomic mass is 10.2. The summed E-state index contributed by atoms with van der Waals surface area (Å²) in [5.74, 6) is 1.20. The van der Waals surface area contributed by atoms with Gasteiger partial charge in [0.05, 0.1) is 13.2 Å². The maximum atomic E-state index is 12.6. The van der Waals surface area contributed by atoms with E-state index in [4.69, 9.17) is 4.74 Å². The van der Waals surface area contributed by atoms with Crippen LogP contribution in [0.1, 0.15) is 17.3 Å². The number of nitrogens with zero attached hydrogens (tertiary/aromatic N) is 2. The Balaban J connectivity index is 1.85. The minimum absolute atomic E-state index is 0.100. The SMILES string of the molecule is C[C@@H](CO)Oc1cc(Sc2ccncc2)cc(C(=O)NC2=NCCS2)c1. The number of ether oxygens (including phenoxy) is 1. The van der Waals surface area contributed by atoms with Gasteiger partial charge in [-0.2, -0.15) is 0 Å². The van der Waals surface area contributed by atoms with Crippen molar-refractivity contribution >= 4 is 34.6 Å². The fourth-order valence-corrected chi connectivity index (χ4v) is 3.84. The Morgan fingerprint density at radius 2 is 2.15 bits per heavy atom. The summed E-state index contributed by atoms with van der Waals surface area (Å²) in [5, 5.41) is 12.7. The number of carbonyl (C=O) groups excluding carboxylic acids is 1. The first kappa shape index (κ1) is 18.8. The molecule has 26 heavy (non-hydrogen) atoms. The second kappa shape index (κ2) is 9.07. The van der Waals surface area contributed by atoms with Crippen molar-refractivity contribution in [1.29, 1.82) is 0 Å². The molecule has 2 N–H and O–H groups in total. The summed E-state index contributed by atoms with van der Waals surface area (Å²) in [7, 11) is 0. The van der Waals surface area contributed by atoms with E-state index >= 15 is 0 Å². The largest absolute Gasteiger partial charge is 0.488 e. The normalized spacial score (nSPS) is 14.6. The van der Waals surface area contributed by atoms with E-state index in [0.29, 0.717) is 16.5 Å². The van der Waals surface area contributed by atoms with Gasteiger partial charge in [0.2, 0.25) is 0 Å². The van der Waals surface area contributed by atoms with Gasteiger partial charge in [-0.1, -0.05) is 23.5 Å². The molecule has 0 spiro atoms. The van der Waals surface area contributed by atoms with Crippen molar-refractivity contribution in [2.45, 2.75) is 22.8 Å². The van der Waals surface area contributed by atoms with Crippen molar-refractivity contribution in [3.8, 4) is 5.75 Å². The Morgan fingerprint density at radius 3 is 2.85 bits per heavy atom. The van der Waals surface area contributed by atoms with E-state index in [-0.39, 0.29) is 18.6 Å². The van der Waals surface area contributed by atoms with Crippen LogP contribution >= 0.6 is 23.5 Å². The Kier molecular flexibility index (Phi) is 6.54. The number of rotatable bonds is 6. The molecule has 0 unspecified atom stereocenters. The highest BCUT2D eigenvalue weighted by Gasteiger charge is 2.15. The van der Waals surface area contributed by atoms with Crippen LogP contribution in [0.25, 0.3) is 0 Å². The Labute approximate surface area is 160 Å². The zero-order chi connectivity index (χ0) is 18.4. The van der Waals surface area contributed by atoms with E-state index in [1.807, 2.05) is 24.3 Å². The van der Waals surface area contributed by atoms with Crippen LogP contribution in [0.5, 0.6) is 5.75 Å². The number of aliphatic hydroxyl groups is 1. The van der Waals surface area contributed by atoms with Crippen LogP contribution in [-0.4, -0.2) is 46.2 Å². The summed E-state index contributed by atoms with van der Waals surface area (Å²) in [6.07, 6.45) is 3.08. The predicted molar refractivity (Wildman–Crippen MR) is 104 cm³/mol. The summed E-state index contributed by atoms with van der Waals surface area (Å²) in [4.78, 5) is 22.7. The van der Waals surface area contributed by atoms with Gasteiger partial charge in [-0.3, -0.25) is 14.8 Å². The van der Waals surface area contributed by atoms with Crippen molar-refractivity contribution in [2.24, 2.45) is 4.99 Å². The third-order valence-corrected chi connectivity index (χ3v) is 5.30. The molecular formula is C18H19N3O3S2. The number of nitrogens with one attached hydrogen (secondary N) is 1. The van der Waals surface area contributed by atoms with E-state index in [1.54, 1.807) is 25.4 Å². The van der Waals surface area contributed by atoms with Gasteiger partial charge in [0.15, 0.2) is 5.17 Å². The van der Waals surface area contributed by atoms with E-state index in [2.05, 4.69) is 15.3 Å². The molecule has 0 fully saturated rings. The molecule has 6 nitrogen and oxygen atoms in total.